The average Bonchev–Trinajstić information content (AvgIpc) is 2.72. The number of carbonyl (C=O) groups excluding carboxylic acids is 1. The van der Waals surface area contributed by atoms with Gasteiger partial charge in [-0.15, -0.1) is 0 Å². The molecule has 4 heteroatoms. The van der Waals surface area contributed by atoms with Crippen LogP contribution >= 0.6 is 0 Å². The van der Waals surface area contributed by atoms with Crippen molar-refractivity contribution in [3.8, 4) is 0 Å². The van der Waals surface area contributed by atoms with Crippen LogP contribution in [0.5, 0.6) is 0 Å². The van der Waals surface area contributed by atoms with Crippen molar-refractivity contribution in [2.24, 2.45) is 11.7 Å². The number of aromatic nitrogens is 1. The van der Waals surface area contributed by atoms with Crippen molar-refractivity contribution >= 4 is 5.91 Å². The van der Waals surface area contributed by atoms with Crippen molar-refractivity contribution in [2.45, 2.75) is 39.8 Å². The molecule has 0 aliphatic carbocycles. The molecule has 0 radical (unpaired) electrons. The number of hydrogen-bond donors (Lipinski definition) is 1. The minimum absolute atomic E-state index is 0.0278. The topological polar surface area (TPSA) is 51.3 Å². The average molecular weight is 249 g/mol. The van der Waals surface area contributed by atoms with Crippen molar-refractivity contribution in [3.63, 3.8) is 0 Å². The van der Waals surface area contributed by atoms with Gasteiger partial charge >= 0.3 is 0 Å². The Bertz CT molecular complexity index is 438. The van der Waals surface area contributed by atoms with E-state index in [0.717, 1.165) is 19.5 Å². The summed E-state index contributed by atoms with van der Waals surface area (Å²) in [6, 6.07) is 4.43. The quantitative estimate of drug-likeness (QED) is 0.886. The molecular weight excluding hydrogens is 226 g/mol. The first-order chi connectivity index (χ1) is 8.56. The zero-order valence-corrected chi connectivity index (χ0v) is 11.5. The molecule has 0 bridgehead atoms. The molecule has 18 heavy (non-hydrogen) atoms. The third kappa shape index (κ3) is 2.17. The molecule has 0 saturated carbocycles. The van der Waals surface area contributed by atoms with Gasteiger partial charge in [0.15, 0.2) is 0 Å². The number of aryl methyl sites for hydroxylation is 1. The van der Waals surface area contributed by atoms with E-state index in [-0.39, 0.29) is 17.9 Å². The zero-order chi connectivity index (χ0) is 13.3. The van der Waals surface area contributed by atoms with Gasteiger partial charge in [-0.3, -0.25) is 4.79 Å². The summed E-state index contributed by atoms with van der Waals surface area (Å²) in [6.45, 7) is 8.48. The Morgan fingerprint density at radius 2 is 2.22 bits per heavy atom. The van der Waals surface area contributed by atoms with Gasteiger partial charge in [-0.1, -0.05) is 6.92 Å². The normalized spacial score (nSPS) is 20.7. The molecule has 0 saturated heterocycles. The van der Waals surface area contributed by atoms with Crippen LogP contribution in [-0.4, -0.2) is 28.5 Å². The molecule has 0 spiro atoms. The molecule has 2 unspecified atom stereocenters. The highest BCUT2D eigenvalue weighted by molar-refractivity contribution is 5.79. The lowest BCUT2D eigenvalue weighted by Crippen LogP contribution is -2.43. The fourth-order valence-corrected chi connectivity index (χ4v) is 2.78. The maximum Gasteiger partial charge on any atom is 0.226 e. The number of fused-ring (bicyclic) bond motifs is 1. The van der Waals surface area contributed by atoms with Gasteiger partial charge in [0, 0.05) is 30.4 Å². The molecule has 2 rings (SSSR count). The van der Waals surface area contributed by atoms with Crippen LogP contribution in [0, 0.1) is 12.8 Å². The highest BCUT2D eigenvalue weighted by Gasteiger charge is 2.30. The van der Waals surface area contributed by atoms with Gasteiger partial charge < -0.3 is 15.2 Å². The Balaban J connectivity index is 2.16. The van der Waals surface area contributed by atoms with Crippen LogP contribution in [0.4, 0.5) is 0 Å². The third-order valence-electron chi connectivity index (χ3n) is 4.00. The number of nitrogens with two attached hydrogens (primary N) is 1. The molecule has 1 amide bonds. The van der Waals surface area contributed by atoms with E-state index in [9.17, 15) is 4.79 Å². The number of carbonyl (C=O) groups is 1. The Hall–Kier alpha value is -1.29. The van der Waals surface area contributed by atoms with Gasteiger partial charge in [0.25, 0.3) is 0 Å². The van der Waals surface area contributed by atoms with E-state index in [0.29, 0.717) is 6.54 Å². The second kappa shape index (κ2) is 5.14. The number of amides is 1. The molecule has 2 N–H and O–H groups in total. The van der Waals surface area contributed by atoms with Crippen LogP contribution < -0.4 is 5.73 Å². The number of nitrogens with zero attached hydrogens (tertiary/aromatic N) is 2. The molecule has 2 atom stereocenters. The molecule has 1 aliphatic rings. The van der Waals surface area contributed by atoms with E-state index in [1.807, 2.05) is 11.8 Å². The third-order valence-corrected chi connectivity index (χ3v) is 4.00. The molecule has 1 aliphatic heterocycles. The lowest BCUT2D eigenvalue weighted by atomic mass is 10.0. The molecule has 100 valence electrons. The second-order valence-corrected chi connectivity index (χ2v) is 5.24. The standard InChI is InChI=1S/C14H23N3O/c1-10(6-7-15)14(18)17-9-8-16-11(2)4-5-13(16)12(17)3/h4-5,10,12H,6-9,15H2,1-3H3. The number of rotatable bonds is 3. The van der Waals surface area contributed by atoms with Crippen LogP contribution in [0.2, 0.25) is 0 Å². The molecular formula is C14H23N3O. The van der Waals surface area contributed by atoms with Crippen LogP contribution in [-0.2, 0) is 11.3 Å². The van der Waals surface area contributed by atoms with Crippen LogP contribution in [0.3, 0.4) is 0 Å². The first-order valence-electron chi connectivity index (χ1n) is 6.72. The zero-order valence-electron chi connectivity index (χ0n) is 11.5. The first-order valence-corrected chi connectivity index (χ1v) is 6.72. The minimum Gasteiger partial charge on any atom is -0.345 e. The van der Waals surface area contributed by atoms with E-state index in [4.69, 9.17) is 5.73 Å². The lowest BCUT2D eigenvalue weighted by Gasteiger charge is -2.37. The molecule has 0 fully saturated rings. The van der Waals surface area contributed by atoms with Crippen molar-refractivity contribution in [1.82, 2.24) is 9.47 Å². The Labute approximate surface area is 109 Å². The van der Waals surface area contributed by atoms with Gasteiger partial charge in [-0.2, -0.15) is 0 Å². The van der Waals surface area contributed by atoms with Gasteiger partial charge in [0.2, 0.25) is 5.91 Å². The SMILES string of the molecule is Cc1ccc2n1CCN(C(=O)C(C)CCN)C2C. The monoisotopic (exact) mass is 249 g/mol. The largest absolute Gasteiger partial charge is 0.345 e. The van der Waals surface area contributed by atoms with Gasteiger partial charge in [0.05, 0.1) is 6.04 Å². The van der Waals surface area contributed by atoms with Crippen LogP contribution in [0.25, 0.3) is 0 Å². The fourth-order valence-electron chi connectivity index (χ4n) is 2.78. The van der Waals surface area contributed by atoms with Crippen molar-refractivity contribution in [3.05, 3.63) is 23.5 Å². The van der Waals surface area contributed by atoms with Crippen molar-refractivity contribution < 1.29 is 4.79 Å². The van der Waals surface area contributed by atoms with Crippen LogP contribution in [0.1, 0.15) is 37.7 Å². The van der Waals surface area contributed by atoms with Gasteiger partial charge in [0.1, 0.15) is 0 Å². The van der Waals surface area contributed by atoms with Crippen molar-refractivity contribution in [2.75, 3.05) is 13.1 Å². The van der Waals surface area contributed by atoms with E-state index in [2.05, 4.69) is 30.5 Å². The summed E-state index contributed by atoms with van der Waals surface area (Å²) in [6.07, 6.45) is 0.766. The fraction of sp³-hybridized carbons (Fsp3) is 0.643. The Morgan fingerprint density at radius 1 is 1.50 bits per heavy atom. The lowest BCUT2D eigenvalue weighted by molar-refractivity contribution is -0.138. The Morgan fingerprint density at radius 3 is 2.89 bits per heavy atom. The highest BCUT2D eigenvalue weighted by atomic mass is 16.2. The maximum atomic E-state index is 12.4. The van der Waals surface area contributed by atoms with Crippen LogP contribution in [0.15, 0.2) is 12.1 Å². The van der Waals surface area contributed by atoms with Crippen molar-refractivity contribution in [1.29, 1.82) is 0 Å². The number of hydrogen-bond acceptors (Lipinski definition) is 2. The minimum atomic E-state index is 0.0278. The second-order valence-electron chi connectivity index (χ2n) is 5.24. The summed E-state index contributed by atoms with van der Waals surface area (Å²) in [7, 11) is 0. The predicted molar refractivity (Wildman–Crippen MR) is 72.1 cm³/mol. The summed E-state index contributed by atoms with van der Waals surface area (Å²) in [5.74, 6) is 0.262. The summed E-state index contributed by atoms with van der Waals surface area (Å²) < 4.78 is 2.31. The van der Waals surface area contributed by atoms with E-state index >= 15 is 0 Å². The smallest absolute Gasteiger partial charge is 0.226 e. The van der Waals surface area contributed by atoms with Gasteiger partial charge in [-0.25, -0.2) is 0 Å². The Kier molecular flexibility index (Phi) is 3.76. The van der Waals surface area contributed by atoms with E-state index in [1.54, 1.807) is 0 Å². The summed E-state index contributed by atoms with van der Waals surface area (Å²) in [4.78, 5) is 14.4. The van der Waals surface area contributed by atoms with Gasteiger partial charge in [-0.05, 0) is 38.9 Å². The van der Waals surface area contributed by atoms with E-state index < -0.39 is 0 Å². The van der Waals surface area contributed by atoms with E-state index in [1.165, 1.54) is 11.4 Å². The molecule has 0 aromatic carbocycles. The first kappa shape index (κ1) is 13.1. The highest BCUT2D eigenvalue weighted by Crippen LogP contribution is 2.28. The maximum absolute atomic E-state index is 12.4. The summed E-state index contributed by atoms with van der Waals surface area (Å²) in [5, 5.41) is 0. The molecule has 1 aromatic heterocycles. The predicted octanol–water partition coefficient (Wildman–Crippen LogP) is 1.68. The molecule has 2 heterocycles. The summed E-state index contributed by atoms with van der Waals surface area (Å²) in [5.41, 5.74) is 8.06. The molecule has 1 aromatic rings. The summed E-state index contributed by atoms with van der Waals surface area (Å²) >= 11 is 0. The molecule has 4 nitrogen and oxygen atoms in total.